The fraction of sp³-hybridized carbons (Fsp3) is 0.300. The van der Waals surface area contributed by atoms with Crippen LogP contribution in [0.15, 0.2) is 48.5 Å². The van der Waals surface area contributed by atoms with E-state index in [1.807, 2.05) is 48.5 Å². The Labute approximate surface area is 151 Å². The average molecular weight is 351 g/mol. The van der Waals surface area contributed by atoms with E-state index in [1.165, 1.54) is 0 Å². The molecule has 2 atom stereocenters. The third kappa shape index (κ3) is 2.93. The molecule has 0 aliphatic carbocycles. The third-order valence-electron chi connectivity index (χ3n) is 5.24. The van der Waals surface area contributed by atoms with Gasteiger partial charge in [-0.25, -0.2) is 4.79 Å². The first kappa shape index (κ1) is 16.6. The van der Waals surface area contributed by atoms with Gasteiger partial charge in [0.25, 0.3) is 5.91 Å². The number of aliphatic hydroxyl groups is 1. The molecule has 0 unspecified atom stereocenters. The first-order valence-electron chi connectivity index (χ1n) is 8.77. The Morgan fingerprint density at radius 1 is 1.23 bits per heavy atom. The second-order valence-corrected chi connectivity index (χ2v) is 6.75. The standard InChI is InChI=1S/C20H21N3O3/c24-12-18-17(14-4-2-1-3-5-14)11-23(18)20(26)22-9-13-6-7-15-10-21-19(25)16(15)8-13/h1-8,17-18,24H,9-12H2,(H,21,25)(H,22,26)/t17-,18-/m1/s1. The Balaban J connectivity index is 1.37. The zero-order valence-electron chi connectivity index (χ0n) is 14.3. The van der Waals surface area contributed by atoms with Crippen molar-refractivity contribution in [1.82, 2.24) is 15.5 Å². The third-order valence-corrected chi connectivity index (χ3v) is 5.24. The van der Waals surface area contributed by atoms with Crippen LogP contribution in [0.4, 0.5) is 4.79 Å². The van der Waals surface area contributed by atoms with Gasteiger partial charge in [-0.1, -0.05) is 42.5 Å². The van der Waals surface area contributed by atoms with E-state index in [0.717, 1.165) is 16.7 Å². The number of benzene rings is 2. The van der Waals surface area contributed by atoms with Crippen LogP contribution in [0.2, 0.25) is 0 Å². The summed E-state index contributed by atoms with van der Waals surface area (Å²) in [4.78, 5) is 25.9. The number of fused-ring (bicyclic) bond motifs is 1. The highest BCUT2D eigenvalue weighted by molar-refractivity contribution is 5.98. The van der Waals surface area contributed by atoms with Crippen LogP contribution in [0, 0.1) is 0 Å². The predicted molar refractivity (Wildman–Crippen MR) is 96.6 cm³/mol. The van der Waals surface area contributed by atoms with Crippen LogP contribution < -0.4 is 10.6 Å². The predicted octanol–water partition coefficient (Wildman–Crippen LogP) is 1.60. The van der Waals surface area contributed by atoms with Gasteiger partial charge in [-0.05, 0) is 22.8 Å². The van der Waals surface area contributed by atoms with Crippen molar-refractivity contribution in [2.45, 2.75) is 25.0 Å². The van der Waals surface area contributed by atoms with Gasteiger partial charge >= 0.3 is 6.03 Å². The number of hydrogen-bond donors (Lipinski definition) is 3. The quantitative estimate of drug-likeness (QED) is 0.783. The molecule has 4 rings (SSSR count). The number of likely N-dealkylation sites (tertiary alicyclic amines) is 1. The van der Waals surface area contributed by atoms with E-state index in [9.17, 15) is 14.7 Å². The van der Waals surface area contributed by atoms with E-state index < -0.39 is 0 Å². The SMILES string of the molecule is O=C1NCc2ccc(CNC(=O)N3C[C@H](c4ccccc4)[C@H]3CO)cc21. The zero-order chi connectivity index (χ0) is 18.1. The van der Waals surface area contributed by atoms with Crippen molar-refractivity contribution in [3.63, 3.8) is 0 Å². The van der Waals surface area contributed by atoms with Gasteiger partial charge < -0.3 is 20.6 Å². The molecule has 26 heavy (non-hydrogen) atoms. The first-order valence-corrected chi connectivity index (χ1v) is 8.77. The Morgan fingerprint density at radius 3 is 2.81 bits per heavy atom. The topological polar surface area (TPSA) is 81.7 Å². The highest BCUT2D eigenvalue weighted by Gasteiger charge is 2.42. The summed E-state index contributed by atoms with van der Waals surface area (Å²) < 4.78 is 0. The molecule has 2 aromatic rings. The van der Waals surface area contributed by atoms with Gasteiger partial charge in [-0.2, -0.15) is 0 Å². The minimum absolute atomic E-state index is 0.0635. The first-order chi connectivity index (χ1) is 12.7. The van der Waals surface area contributed by atoms with Gasteiger partial charge in [0.1, 0.15) is 0 Å². The van der Waals surface area contributed by atoms with Gasteiger partial charge in [0.2, 0.25) is 0 Å². The van der Waals surface area contributed by atoms with E-state index in [4.69, 9.17) is 0 Å². The van der Waals surface area contributed by atoms with E-state index in [0.29, 0.717) is 25.2 Å². The zero-order valence-corrected chi connectivity index (χ0v) is 14.3. The van der Waals surface area contributed by atoms with Crippen LogP contribution in [0.5, 0.6) is 0 Å². The second-order valence-electron chi connectivity index (χ2n) is 6.75. The fourth-order valence-electron chi connectivity index (χ4n) is 3.68. The molecule has 1 fully saturated rings. The molecule has 0 radical (unpaired) electrons. The maximum absolute atomic E-state index is 12.5. The summed E-state index contributed by atoms with van der Waals surface area (Å²) in [5.74, 6) is 0.0950. The summed E-state index contributed by atoms with van der Waals surface area (Å²) in [7, 11) is 0. The summed E-state index contributed by atoms with van der Waals surface area (Å²) in [6.07, 6.45) is 0. The summed E-state index contributed by atoms with van der Waals surface area (Å²) in [5, 5.41) is 15.4. The Morgan fingerprint density at radius 2 is 2.04 bits per heavy atom. The molecule has 3 amide bonds. The van der Waals surface area contributed by atoms with Crippen molar-refractivity contribution >= 4 is 11.9 Å². The monoisotopic (exact) mass is 351 g/mol. The largest absolute Gasteiger partial charge is 0.394 e. The number of carbonyl (C=O) groups excluding carboxylic acids is 2. The van der Waals surface area contributed by atoms with Gasteiger partial charge in [0.15, 0.2) is 0 Å². The normalized spacial score (nSPS) is 21.0. The summed E-state index contributed by atoms with van der Waals surface area (Å²) in [6.45, 7) is 1.44. The number of rotatable bonds is 4. The molecule has 3 N–H and O–H groups in total. The molecule has 0 bridgehead atoms. The summed E-state index contributed by atoms with van der Waals surface area (Å²) >= 11 is 0. The second kappa shape index (κ2) is 6.80. The molecule has 0 aromatic heterocycles. The molecule has 134 valence electrons. The van der Waals surface area contributed by atoms with Crippen LogP contribution >= 0.6 is 0 Å². The Bertz CT molecular complexity index is 837. The minimum atomic E-state index is -0.205. The lowest BCUT2D eigenvalue weighted by atomic mass is 9.83. The summed E-state index contributed by atoms with van der Waals surface area (Å²) in [6, 6.07) is 15.2. The Hall–Kier alpha value is -2.86. The van der Waals surface area contributed by atoms with E-state index >= 15 is 0 Å². The lowest BCUT2D eigenvalue weighted by Gasteiger charge is -2.47. The highest BCUT2D eigenvalue weighted by Crippen LogP contribution is 2.33. The molecule has 1 saturated heterocycles. The van der Waals surface area contributed by atoms with E-state index in [-0.39, 0.29) is 30.5 Å². The molecular weight excluding hydrogens is 330 g/mol. The van der Waals surface area contributed by atoms with Crippen molar-refractivity contribution in [1.29, 1.82) is 0 Å². The molecule has 0 saturated carbocycles. The van der Waals surface area contributed by atoms with Crippen molar-refractivity contribution in [3.8, 4) is 0 Å². The molecular formula is C20H21N3O3. The van der Waals surface area contributed by atoms with Crippen LogP contribution in [0.1, 0.15) is 33.0 Å². The number of nitrogens with one attached hydrogen (secondary N) is 2. The number of aliphatic hydroxyl groups excluding tert-OH is 1. The van der Waals surface area contributed by atoms with Gasteiger partial charge in [-0.15, -0.1) is 0 Å². The van der Waals surface area contributed by atoms with Crippen molar-refractivity contribution in [2.24, 2.45) is 0 Å². The molecule has 2 aliphatic heterocycles. The smallest absolute Gasteiger partial charge is 0.318 e. The average Bonchev–Trinajstić information content (AvgIpc) is 3.01. The number of urea groups is 1. The van der Waals surface area contributed by atoms with Crippen LogP contribution in [-0.2, 0) is 13.1 Å². The van der Waals surface area contributed by atoms with Gasteiger partial charge in [0, 0.05) is 31.1 Å². The molecule has 2 aliphatic rings. The number of carbonyl (C=O) groups is 2. The van der Waals surface area contributed by atoms with Crippen LogP contribution in [0.25, 0.3) is 0 Å². The lowest BCUT2D eigenvalue weighted by molar-refractivity contribution is 0.0471. The maximum Gasteiger partial charge on any atom is 0.318 e. The Kier molecular flexibility index (Phi) is 4.34. The molecule has 2 heterocycles. The summed E-state index contributed by atoms with van der Waals surface area (Å²) in [5.41, 5.74) is 3.69. The molecule has 2 aromatic carbocycles. The van der Waals surface area contributed by atoms with Crippen LogP contribution in [0.3, 0.4) is 0 Å². The number of amides is 3. The van der Waals surface area contributed by atoms with E-state index in [1.54, 1.807) is 4.90 Å². The van der Waals surface area contributed by atoms with E-state index in [2.05, 4.69) is 10.6 Å². The van der Waals surface area contributed by atoms with Crippen molar-refractivity contribution in [2.75, 3.05) is 13.2 Å². The van der Waals surface area contributed by atoms with Crippen molar-refractivity contribution in [3.05, 3.63) is 70.8 Å². The lowest BCUT2D eigenvalue weighted by Crippen LogP contribution is -2.61. The fourth-order valence-corrected chi connectivity index (χ4v) is 3.68. The van der Waals surface area contributed by atoms with Gasteiger partial charge in [-0.3, -0.25) is 4.79 Å². The number of hydrogen-bond acceptors (Lipinski definition) is 3. The van der Waals surface area contributed by atoms with Crippen molar-refractivity contribution < 1.29 is 14.7 Å². The maximum atomic E-state index is 12.5. The molecule has 6 heteroatoms. The van der Waals surface area contributed by atoms with Gasteiger partial charge in [0.05, 0.1) is 12.6 Å². The van der Waals surface area contributed by atoms with Crippen LogP contribution in [-0.4, -0.2) is 41.1 Å². The molecule has 6 nitrogen and oxygen atoms in total. The highest BCUT2D eigenvalue weighted by atomic mass is 16.3. The minimum Gasteiger partial charge on any atom is -0.394 e. The number of nitrogens with zero attached hydrogens (tertiary/aromatic N) is 1. The molecule has 0 spiro atoms.